The molecule has 2 fully saturated rings. The maximum Gasteiger partial charge on any atom is 0.0635 e. The molecule has 1 atom stereocenters. The molecule has 1 unspecified atom stereocenters. The Morgan fingerprint density at radius 3 is 2.62 bits per heavy atom. The van der Waals surface area contributed by atoms with Crippen molar-refractivity contribution in [2.45, 2.75) is 38.6 Å². The molecule has 2 aromatic carbocycles. The molecule has 2 aliphatic rings. The maximum absolute atomic E-state index is 9.76. The van der Waals surface area contributed by atoms with Gasteiger partial charge in [-0.25, -0.2) is 0 Å². The van der Waals surface area contributed by atoms with Crippen LogP contribution in [0, 0.1) is 6.92 Å². The number of para-hydroxylation sites is 1. The van der Waals surface area contributed by atoms with Crippen LogP contribution in [0.1, 0.15) is 30.4 Å². The number of aliphatic hydroxyl groups is 1. The van der Waals surface area contributed by atoms with E-state index in [0.29, 0.717) is 0 Å². The Hall–Kier alpha value is -2.50. The number of piperazine rings is 1. The van der Waals surface area contributed by atoms with Crippen molar-refractivity contribution in [3.8, 4) is 0 Å². The van der Waals surface area contributed by atoms with E-state index < -0.39 is 0 Å². The Kier molecular flexibility index (Phi) is 6.37. The monoisotopic (exact) mass is 432 g/mol. The van der Waals surface area contributed by atoms with Gasteiger partial charge in [-0.3, -0.25) is 4.90 Å². The van der Waals surface area contributed by atoms with Gasteiger partial charge in [0.1, 0.15) is 0 Å². The van der Waals surface area contributed by atoms with E-state index in [9.17, 15) is 5.11 Å². The first-order valence-electron chi connectivity index (χ1n) is 12.2. The molecule has 0 bridgehead atoms. The molecule has 2 saturated heterocycles. The summed E-state index contributed by atoms with van der Waals surface area (Å²) >= 11 is 0. The molecule has 3 heterocycles. The molecule has 0 saturated carbocycles. The van der Waals surface area contributed by atoms with Crippen molar-refractivity contribution in [2.75, 3.05) is 55.7 Å². The average Bonchev–Trinajstić information content (AvgIpc) is 3.47. The number of nitrogens with zero attached hydrogens (tertiary/aromatic N) is 3. The first-order chi connectivity index (χ1) is 15.7. The van der Waals surface area contributed by atoms with E-state index >= 15 is 0 Å². The summed E-state index contributed by atoms with van der Waals surface area (Å²) in [6.45, 7) is 9.15. The van der Waals surface area contributed by atoms with Crippen LogP contribution >= 0.6 is 0 Å². The van der Waals surface area contributed by atoms with Crippen LogP contribution in [0.5, 0.6) is 0 Å². The van der Waals surface area contributed by atoms with Gasteiger partial charge in [0, 0.05) is 61.2 Å². The lowest BCUT2D eigenvalue weighted by molar-refractivity contribution is 0.255. The smallest absolute Gasteiger partial charge is 0.0635 e. The number of aromatic amines is 1. The van der Waals surface area contributed by atoms with Crippen LogP contribution < -0.4 is 9.80 Å². The first-order valence-corrected chi connectivity index (χ1v) is 12.2. The summed E-state index contributed by atoms with van der Waals surface area (Å²) in [4.78, 5) is 11.0. The quantitative estimate of drug-likeness (QED) is 0.588. The zero-order chi connectivity index (χ0) is 21.9. The number of aromatic nitrogens is 1. The SMILES string of the molecule is Cc1c(N2CCN(CCCc3c[nH]c4ccccc34)CC2)cccc1N1CCCC1CO. The average molecular weight is 433 g/mol. The van der Waals surface area contributed by atoms with Gasteiger partial charge in [0.15, 0.2) is 0 Å². The minimum Gasteiger partial charge on any atom is -0.394 e. The minimum absolute atomic E-state index is 0.251. The second kappa shape index (κ2) is 9.55. The van der Waals surface area contributed by atoms with Crippen molar-refractivity contribution in [1.82, 2.24) is 9.88 Å². The zero-order valence-electron chi connectivity index (χ0n) is 19.3. The van der Waals surface area contributed by atoms with Gasteiger partial charge < -0.3 is 19.9 Å². The number of hydrogen-bond donors (Lipinski definition) is 2. The third-order valence-corrected chi connectivity index (χ3v) is 7.48. The molecule has 32 heavy (non-hydrogen) atoms. The summed E-state index contributed by atoms with van der Waals surface area (Å²) in [5, 5.41) is 11.1. The predicted molar refractivity (Wildman–Crippen MR) is 134 cm³/mol. The van der Waals surface area contributed by atoms with Crippen molar-refractivity contribution < 1.29 is 5.11 Å². The van der Waals surface area contributed by atoms with Crippen molar-refractivity contribution in [3.63, 3.8) is 0 Å². The fraction of sp³-hybridized carbons (Fsp3) is 0.481. The molecule has 5 rings (SSSR count). The number of H-pyrrole nitrogens is 1. The minimum atomic E-state index is 0.251. The van der Waals surface area contributed by atoms with Gasteiger partial charge >= 0.3 is 0 Å². The third-order valence-electron chi connectivity index (χ3n) is 7.48. The molecule has 3 aromatic rings. The predicted octanol–water partition coefficient (Wildman–Crippen LogP) is 4.19. The van der Waals surface area contributed by atoms with E-state index in [1.807, 2.05) is 0 Å². The van der Waals surface area contributed by atoms with Crippen molar-refractivity contribution in [1.29, 1.82) is 0 Å². The first kappa shape index (κ1) is 21.4. The Labute approximate surface area is 191 Å². The Bertz CT molecular complexity index is 1040. The van der Waals surface area contributed by atoms with Crippen LogP contribution in [0.15, 0.2) is 48.7 Å². The second-order valence-corrected chi connectivity index (χ2v) is 9.39. The van der Waals surface area contributed by atoms with Gasteiger partial charge in [-0.15, -0.1) is 0 Å². The van der Waals surface area contributed by atoms with Crippen LogP contribution in [0.4, 0.5) is 11.4 Å². The Balaban J connectivity index is 1.16. The molecule has 0 spiro atoms. The van der Waals surface area contributed by atoms with Crippen LogP contribution in [0.25, 0.3) is 10.9 Å². The molecule has 0 radical (unpaired) electrons. The van der Waals surface area contributed by atoms with E-state index in [2.05, 4.69) is 75.3 Å². The van der Waals surface area contributed by atoms with Crippen LogP contribution in [0.2, 0.25) is 0 Å². The van der Waals surface area contributed by atoms with Gasteiger partial charge in [0.25, 0.3) is 0 Å². The van der Waals surface area contributed by atoms with Crippen molar-refractivity contribution in [3.05, 3.63) is 59.8 Å². The summed E-state index contributed by atoms with van der Waals surface area (Å²) in [5.74, 6) is 0. The van der Waals surface area contributed by atoms with Gasteiger partial charge in [-0.1, -0.05) is 24.3 Å². The highest BCUT2D eigenvalue weighted by Gasteiger charge is 2.27. The molecule has 5 heteroatoms. The van der Waals surface area contributed by atoms with E-state index in [1.165, 1.54) is 52.8 Å². The molecule has 2 aliphatic heterocycles. The highest BCUT2D eigenvalue weighted by atomic mass is 16.3. The molecule has 1 aromatic heterocycles. The number of aliphatic hydroxyl groups excluding tert-OH is 1. The number of nitrogens with one attached hydrogen (secondary N) is 1. The second-order valence-electron chi connectivity index (χ2n) is 9.39. The van der Waals surface area contributed by atoms with Gasteiger partial charge in [-0.2, -0.15) is 0 Å². The number of rotatable bonds is 7. The number of anilines is 2. The molecular formula is C27H36N4O. The molecule has 0 amide bonds. The molecule has 0 aliphatic carbocycles. The molecule has 5 nitrogen and oxygen atoms in total. The van der Waals surface area contributed by atoms with Gasteiger partial charge in [0.05, 0.1) is 12.6 Å². The van der Waals surface area contributed by atoms with E-state index in [-0.39, 0.29) is 12.6 Å². The topological polar surface area (TPSA) is 45.7 Å². The molecular weight excluding hydrogens is 396 g/mol. The highest BCUT2D eigenvalue weighted by Crippen LogP contribution is 2.34. The summed E-state index contributed by atoms with van der Waals surface area (Å²) in [5.41, 5.74) is 6.72. The van der Waals surface area contributed by atoms with Crippen LogP contribution in [0.3, 0.4) is 0 Å². The van der Waals surface area contributed by atoms with E-state index in [1.54, 1.807) is 0 Å². The Morgan fingerprint density at radius 1 is 0.969 bits per heavy atom. The van der Waals surface area contributed by atoms with Crippen molar-refractivity contribution >= 4 is 22.3 Å². The normalized spacial score (nSPS) is 19.9. The van der Waals surface area contributed by atoms with Gasteiger partial charge in [-0.05, 0) is 68.5 Å². The summed E-state index contributed by atoms with van der Waals surface area (Å²) in [6.07, 6.45) is 6.78. The fourth-order valence-electron chi connectivity index (χ4n) is 5.65. The van der Waals surface area contributed by atoms with Crippen LogP contribution in [-0.2, 0) is 6.42 Å². The highest BCUT2D eigenvalue weighted by molar-refractivity contribution is 5.83. The van der Waals surface area contributed by atoms with E-state index in [0.717, 1.165) is 45.6 Å². The number of aryl methyl sites for hydroxylation is 1. The Morgan fingerprint density at radius 2 is 1.78 bits per heavy atom. The summed E-state index contributed by atoms with van der Waals surface area (Å²) < 4.78 is 0. The standard InChI is InChI=1S/C27H36N4O/c1-21-26(11-4-12-27(21)31-14-6-8-23(31)20-32)30-17-15-29(16-18-30)13-5-7-22-19-28-25-10-3-2-9-24(22)25/h2-4,9-12,19,23,28,32H,5-8,13-18,20H2,1H3. The fourth-order valence-corrected chi connectivity index (χ4v) is 5.65. The zero-order valence-corrected chi connectivity index (χ0v) is 19.3. The van der Waals surface area contributed by atoms with Crippen molar-refractivity contribution in [2.24, 2.45) is 0 Å². The lowest BCUT2D eigenvalue weighted by atomic mass is 10.1. The lowest BCUT2D eigenvalue weighted by Crippen LogP contribution is -2.47. The number of hydrogen-bond acceptors (Lipinski definition) is 4. The molecule has 170 valence electrons. The third kappa shape index (κ3) is 4.24. The molecule has 2 N–H and O–H groups in total. The number of benzene rings is 2. The number of fused-ring (bicyclic) bond motifs is 1. The van der Waals surface area contributed by atoms with Crippen LogP contribution in [-0.4, -0.2) is 66.9 Å². The summed E-state index contributed by atoms with van der Waals surface area (Å²) in [7, 11) is 0. The van der Waals surface area contributed by atoms with Gasteiger partial charge in [0.2, 0.25) is 0 Å². The lowest BCUT2D eigenvalue weighted by Gasteiger charge is -2.38. The summed E-state index contributed by atoms with van der Waals surface area (Å²) in [6, 6.07) is 15.6. The maximum atomic E-state index is 9.76. The van der Waals surface area contributed by atoms with E-state index in [4.69, 9.17) is 0 Å². The largest absolute Gasteiger partial charge is 0.394 e.